The van der Waals surface area contributed by atoms with Crippen LogP contribution < -0.4 is 0 Å². The Morgan fingerprint density at radius 2 is 2.00 bits per heavy atom. The Bertz CT molecular complexity index is 755. The van der Waals surface area contributed by atoms with Crippen molar-refractivity contribution in [3.05, 3.63) is 58.6 Å². The van der Waals surface area contributed by atoms with Gasteiger partial charge in [-0.1, -0.05) is 30.3 Å². The van der Waals surface area contributed by atoms with E-state index in [4.69, 9.17) is 5.11 Å². The predicted molar refractivity (Wildman–Crippen MR) is 81.4 cm³/mol. The second kappa shape index (κ2) is 5.13. The van der Waals surface area contributed by atoms with E-state index in [1.54, 1.807) is 11.3 Å². The zero-order valence-electron chi connectivity index (χ0n) is 11.2. The molecular weight excluding hydrogens is 270 g/mol. The fourth-order valence-electron chi connectivity index (χ4n) is 2.58. The summed E-state index contributed by atoms with van der Waals surface area (Å²) >= 11 is 1.67. The van der Waals surface area contributed by atoms with Gasteiger partial charge >= 0.3 is 5.97 Å². The Morgan fingerprint density at radius 1 is 1.25 bits per heavy atom. The molecule has 0 saturated heterocycles. The third-order valence-corrected chi connectivity index (χ3v) is 4.50. The molecule has 2 heterocycles. The van der Waals surface area contributed by atoms with Crippen molar-refractivity contribution in [2.45, 2.75) is 19.9 Å². The predicted octanol–water partition coefficient (Wildman–Crippen LogP) is 3.69. The average Bonchev–Trinajstić information content (AvgIpc) is 2.98. The number of hydrogen-bond donors (Lipinski definition) is 1. The van der Waals surface area contributed by atoms with Gasteiger partial charge in [0.15, 0.2) is 0 Å². The summed E-state index contributed by atoms with van der Waals surface area (Å²) in [6, 6.07) is 12.3. The molecule has 0 atom stereocenters. The van der Waals surface area contributed by atoms with Crippen molar-refractivity contribution in [2.24, 2.45) is 0 Å². The van der Waals surface area contributed by atoms with E-state index in [0.717, 1.165) is 28.0 Å². The Hall–Kier alpha value is -2.07. The number of carboxylic acid groups (broad SMARTS) is 1. The molecule has 20 heavy (non-hydrogen) atoms. The van der Waals surface area contributed by atoms with Crippen LogP contribution in [-0.2, 0) is 17.8 Å². The van der Waals surface area contributed by atoms with Crippen molar-refractivity contribution < 1.29 is 9.90 Å². The maximum absolute atomic E-state index is 11.0. The van der Waals surface area contributed by atoms with Gasteiger partial charge in [0.1, 0.15) is 4.83 Å². The molecule has 3 nitrogen and oxygen atoms in total. The van der Waals surface area contributed by atoms with Gasteiger partial charge in [-0.05, 0) is 29.5 Å². The molecule has 0 unspecified atom stereocenters. The molecular formula is C16H15NO2S. The van der Waals surface area contributed by atoms with Gasteiger partial charge in [-0.3, -0.25) is 4.79 Å². The summed E-state index contributed by atoms with van der Waals surface area (Å²) in [7, 11) is 0. The zero-order chi connectivity index (χ0) is 14.1. The first kappa shape index (κ1) is 12.9. The highest BCUT2D eigenvalue weighted by Crippen LogP contribution is 2.31. The van der Waals surface area contributed by atoms with Gasteiger partial charge in [-0.25, -0.2) is 0 Å². The van der Waals surface area contributed by atoms with E-state index in [2.05, 4.69) is 16.7 Å². The summed E-state index contributed by atoms with van der Waals surface area (Å²) in [5.41, 5.74) is 3.21. The maximum atomic E-state index is 11.0. The number of carboxylic acids is 1. The quantitative estimate of drug-likeness (QED) is 0.794. The van der Waals surface area contributed by atoms with E-state index in [1.807, 2.05) is 36.6 Å². The third-order valence-electron chi connectivity index (χ3n) is 3.57. The van der Waals surface area contributed by atoms with Gasteiger partial charge in [-0.2, -0.15) is 0 Å². The van der Waals surface area contributed by atoms with E-state index >= 15 is 0 Å². The van der Waals surface area contributed by atoms with Crippen molar-refractivity contribution in [3.8, 4) is 0 Å². The van der Waals surface area contributed by atoms with Crippen LogP contribution in [0.3, 0.4) is 0 Å². The summed E-state index contributed by atoms with van der Waals surface area (Å²) in [5, 5.41) is 12.2. The van der Waals surface area contributed by atoms with Crippen LogP contribution >= 0.6 is 11.3 Å². The van der Waals surface area contributed by atoms with Crippen molar-refractivity contribution in [1.29, 1.82) is 0 Å². The standard InChI is InChI=1S/C16H15NO2S/c1-11-14(9-15(18)19)13-7-8-20-16(13)17(11)10-12-5-3-2-4-6-12/h2-8H,9-10H2,1H3,(H,18,19). The smallest absolute Gasteiger partial charge is 0.307 e. The lowest BCUT2D eigenvalue weighted by atomic mass is 10.1. The number of carbonyl (C=O) groups is 1. The molecule has 3 rings (SSSR count). The fraction of sp³-hybridized carbons (Fsp3) is 0.188. The van der Waals surface area contributed by atoms with E-state index in [-0.39, 0.29) is 6.42 Å². The molecule has 0 amide bonds. The Labute approximate surface area is 121 Å². The van der Waals surface area contributed by atoms with Crippen LogP contribution in [0.5, 0.6) is 0 Å². The van der Waals surface area contributed by atoms with Crippen LogP contribution in [0.4, 0.5) is 0 Å². The number of aromatic nitrogens is 1. The van der Waals surface area contributed by atoms with E-state index in [0.29, 0.717) is 0 Å². The van der Waals surface area contributed by atoms with Gasteiger partial charge < -0.3 is 9.67 Å². The average molecular weight is 285 g/mol. The highest BCUT2D eigenvalue weighted by atomic mass is 32.1. The Morgan fingerprint density at radius 3 is 2.70 bits per heavy atom. The topological polar surface area (TPSA) is 42.2 Å². The minimum atomic E-state index is -0.780. The zero-order valence-corrected chi connectivity index (χ0v) is 12.0. The molecule has 0 aliphatic heterocycles. The van der Waals surface area contributed by atoms with Crippen LogP contribution in [-0.4, -0.2) is 15.6 Å². The lowest BCUT2D eigenvalue weighted by Crippen LogP contribution is -2.05. The van der Waals surface area contributed by atoms with Gasteiger partial charge in [0.25, 0.3) is 0 Å². The number of aliphatic carboxylic acids is 1. The van der Waals surface area contributed by atoms with Gasteiger partial charge in [0, 0.05) is 17.6 Å². The Kier molecular flexibility index (Phi) is 3.32. The molecule has 1 N–H and O–H groups in total. The molecule has 102 valence electrons. The van der Waals surface area contributed by atoms with Gasteiger partial charge in [-0.15, -0.1) is 11.3 Å². The second-order valence-electron chi connectivity index (χ2n) is 4.85. The number of nitrogens with zero attached hydrogens (tertiary/aromatic N) is 1. The molecule has 2 aromatic heterocycles. The Balaban J connectivity index is 2.08. The highest BCUT2D eigenvalue weighted by Gasteiger charge is 2.17. The van der Waals surface area contributed by atoms with Crippen molar-refractivity contribution in [2.75, 3.05) is 0 Å². The first-order chi connectivity index (χ1) is 9.66. The summed E-state index contributed by atoms with van der Waals surface area (Å²) in [4.78, 5) is 12.2. The number of rotatable bonds is 4. The second-order valence-corrected chi connectivity index (χ2v) is 5.74. The number of hydrogen-bond acceptors (Lipinski definition) is 2. The van der Waals surface area contributed by atoms with Crippen LogP contribution in [0.15, 0.2) is 41.8 Å². The molecule has 4 heteroatoms. The molecule has 0 fully saturated rings. The van der Waals surface area contributed by atoms with E-state index in [1.165, 1.54) is 5.56 Å². The molecule has 1 aromatic carbocycles. The normalized spacial score (nSPS) is 11.1. The highest BCUT2D eigenvalue weighted by molar-refractivity contribution is 7.16. The van der Waals surface area contributed by atoms with Crippen molar-refractivity contribution in [3.63, 3.8) is 0 Å². The van der Waals surface area contributed by atoms with Crippen LogP contribution in [0.25, 0.3) is 10.2 Å². The lowest BCUT2D eigenvalue weighted by Gasteiger charge is -2.08. The monoisotopic (exact) mass is 285 g/mol. The third kappa shape index (κ3) is 2.23. The molecule has 0 spiro atoms. The summed E-state index contributed by atoms with van der Waals surface area (Å²) in [5.74, 6) is -0.780. The summed E-state index contributed by atoms with van der Waals surface area (Å²) in [6.45, 7) is 2.79. The molecule has 0 radical (unpaired) electrons. The minimum absolute atomic E-state index is 0.0842. The van der Waals surface area contributed by atoms with Crippen LogP contribution in [0.1, 0.15) is 16.8 Å². The van der Waals surface area contributed by atoms with Gasteiger partial charge in [0.05, 0.1) is 6.42 Å². The van der Waals surface area contributed by atoms with E-state index in [9.17, 15) is 4.79 Å². The van der Waals surface area contributed by atoms with Gasteiger partial charge in [0.2, 0.25) is 0 Å². The van der Waals surface area contributed by atoms with Crippen molar-refractivity contribution in [1.82, 2.24) is 4.57 Å². The molecule has 0 bridgehead atoms. The van der Waals surface area contributed by atoms with E-state index < -0.39 is 5.97 Å². The lowest BCUT2D eigenvalue weighted by molar-refractivity contribution is -0.136. The number of thiophene rings is 1. The molecule has 3 aromatic rings. The number of fused-ring (bicyclic) bond motifs is 1. The molecule has 0 aliphatic carbocycles. The molecule has 0 aliphatic rings. The minimum Gasteiger partial charge on any atom is -0.481 e. The van der Waals surface area contributed by atoms with Crippen molar-refractivity contribution >= 4 is 27.5 Å². The maximum Gasteiger partial charge on any atom is 0.307 e. The summed E-state index contributed by atoms with van der Waals surface area (Å²) in [6.07, 6.45) is 0.0842. The fourth-order valence-corrected chi connectivity index (χ4v) is 3.56. The van der Waals surface area contributed by atoms with Crippen LogP contribution in [0.2, 0.25) is 0 Å². The largest absolute Gasteiger partial charge is 0.481 e. The first-order valence-electron chi connectivity index (χ1n) is 6.47. The SMILES string of the molecule is Cc1c(CC(=O)O)c2ccsc2n1Cc1ccccc1. The molecule has 0 saturated carbocycles. The first-order valence-corrected chi connectivity index (χ1v) is 7.35. The summed E-state index contributed by atoms with van der Waals surface area (Å²) < 4.78 is 2.22. The van der Waals surface area contributed by atoms with Crippen LogP contribution in [0, 0.1) is 6.92 Å². The number of benzene rings is 1.